The van der Waals surface area contributed by atoms with Crippen molar-refractivity contribution in [2.24, 2.45) is 0 Å². The van der Waals surface area contributed by atoms with Crippen molar-refractivity contribution in [1.29, 1.82) is 5.26 Å². The summed E-state index contributed by atoms with van der Waals surface area (Å²) in [6.45, 7) is -3.51. The largest absolute Gasteiger partial charge is 0.465 e. The molecule has 0 unspecified atom stereocenters. The number of hydrogen-bond acceptors (Lipinski definition) is 4. The number of carbonyl (C=O) groups is 1. The van der Waals surface area contributed by atoms with Gasteiger partial charge in [-0.2, -0.15) is 27.2 Å². The molecule has 0 bridgehead atoms. The van der Waals surface area contributed by atoms with Crippen molar-refractivity contribution in [3.8, 4) is 11.8 Å². The van der Waals surface area contributed by atoms with Crippen molar-refractivity contribution < 1.29 is 36.2 Å². The normalized spacial score (nSPS) is 11.1. The highest BCUT2D eigenvalue weighted by molar-refractivity contribution is 5.95. The predicted octanol–water partition coefficient (Wildman–Crippen LogP) is 2.97. The molecular weight excluding hydrogens is 289 g/mol. The first-order chi connectivity index (χ1) is 9.22. The summed E-state index contributed by atoms with van der Waals surface area (Å²) in [6.07, 6.45) is -5.00. The van der Waals surface area contributed by atoms with Gasteiger partial charge in [0.2, 0.25) is 0 Å². The van der Waals surface area contributed by atoms with Gasteiger partial charge in [-0.05, 0) is 12.1 Å². The molecule has 0 atom stereocenters. The zero-order chi connectivity index (χ0) is 15.5. The lowest BCUT2D eigenvalue weighted by molar-refractivity contribution is -0.138. The SMILES string of the molecule is COC(=O)c1c(C(F)(F)F)ccc(C#N)c1OC(F)F. The number of hydrogen-bond donors (Lipinski definition) is 0. The molecule has 0 amide bonds. The van der Waals surface area contributed by atoms with Gasteiger partial charge >= 0.3 is 18.8 Å². The quantitative estimate of drug-likeness (QED) is 0.635. The molecule has 0 spiro atoms. The minimum absolute atomic E-state index is 0.420. The van der Waals surface area contributed by atoms with E-state index in [4.69, 9.17) is 5.26 Å². The number of nitrogens with zero attached hydrogens (tertiary/aromatic N) is 1. The monoisotopic (exact) mass is 295 g/mol. The number of nitriles is 1. The minimum Gasteiger partial charge on any atom is -0.465 e. The van der Waals surface area contributed by atoms with Crippen LogP contribution in [-0.4, -0.2) is 19.7 Å². The van der Waals surface area contributed by atoms with E-state index in [1.807, 2.05) is 0 Å². The van der Waals surface area contributed by atoms with Gasteiger partial charge in [0.25, 0.3) is 0 Å². The van der Waals surface area contributed by atoms with E-state index < -0.39 is 41.2 Å². The number of benzene rings is 1. The van der Waals surface area contributed by atoms with Crippen LogP contribution in [0, 0.1) is 11.3 Å². The average Bonchev–Trinajstić information content (AvgIpc) is 2.35. The molecule has 1 aromatic rings. The Kier molecular flexibility index (Phi) is 4.49. The molecule has 0 heterocycles. The Labute approximate surface area is 109 Å². The first-order valence-corrected chi connectivity index (χ1v) is 4.89. The molecule has 0 aliphatic carbocycles. The molecule has 1 aromatic carbocycles. The fourth-order valence-electron chi connectivity index (χ4n) is 1.42. The van der Waals surface area contributed by atoms with Crippen molar-refractivity contribution in [3.05, 3.63) is 28.8 Å². The molecule has 4 nitrogen and oxygen atoms in total. The first kappa shape index (κ1) is 15.7. The maximum absolute atomic E-state index is 12.8. The molecule has 0 fully saturated rings. The fourth-order valence-corrected chi connectivity index (χ4v) is 1.42. The molecular formula is C11H6F5NO3. The summed E-state index contributed by atoms with van der Waals surface area (Å²) in [7, 11) is 0.772. The number of rotatable bonds is 3. The number of esters is 1. The molecule has 0 saturated carbocycles. The zero-order valence-electron chi connectivity index (χ0n) is 9.79. The highest BCUT2D eigenvalue weighted by atomic mass is 19.4. The van der Waals surface area contributed by atoms with E-state index in [1.165, 1.54) is 6.07 Å². The van der Waals surface area contributed by atoms with Crippen LogP contribution in [0.3, 0.4) is 0 Å². The third-order valence-corrected chi connectivity index (χ3v) is 2.18. The standard InChI is InChI=1S/C11H6F5NO3/c1-19-9(18)7-6(11(14,15)16)3-2-5(4-17)8(7)20-10(12)13/h2-3,10H,1H3. The van der Waals surface area contributed by atoms with Crippen LogP contribution in [0.2, 0.25) is 0 Å². The highest BCUT2D eigenvalue weighted by Crippen LogP contribution is 2.38. The Hall–Kier alpha value is -2.37. The van der Waals surface area contributed by atoms with E-state index in [9.17, 15) is 26.7 Å². The first-order valence-electron chi connectivity index (χ1n) is 4.89. The molecule has 108 valence electrons. The Balaban J connectivity index is 3.66. The Bertz CT molecular complexity index is 562. The second-order valence-corrected chi connectivity index (χ2v) is 3.34. The van der Waals surface area contributed by atoms with E-state index in [0.717, 1.165) is 7.11 Å². The van der Waals surface area contributed by atoms with Gasteiger partial charge in [0.15, 0.2) is 5.75 Å². The molecule has 0 aromatic heterocycles. The average molecular weight is 295 g/mol. The van der Waals surface area contributed by atoms with E-state index in [1.54, 1.807) is 0 Å². The van der Waals surface area contributed by atoms with E-state index in [-0.39, 0.29) is 0 Å². The summed E-state index contributed by atoms with van der Waals surface area (Å²) < 4.78 is 70.8. The Morgan fingerprint density at radius 3 is 2.35 bits per heavy atom. The Morgan fingerprint density at radius 2 is 1.95 bits per heavy atom. The van der Waals surface area contributed by atoms with Gasteiger partial charge in [-0.25, -0.2) is 4.79 Å². The number of ether oxygens (including phenoxy) is 2. The maximum Gasteiger partial charge on any atom is 0.417 e. The summed E-state index contributed by atoms with van der Waals surface area (Å²) >= 11 is 0. The van der Waals surface area contributed by atoms with Crippen LogP contribution >= 0.6 is 0 Å². The summed E-state index contributed by atoms with van der Waals surface area (Å²) in [6, 6.07) is 2.42. The van der Waals surface area contributed by atoms with E-state index in [0.29, 0.717) is 12.1 Å². The van der Waals surface area contributed by atoms with Crippen LogP contribution < -0.4 is 4.74 Å². The molecule has 0 aliphatic heterocycles. The smallest absolute Gasteiger partial charge is 0.417 e. The summed E-state index contributed by atoms with van der Waals surface area (Å²) in [5.41, 5.74) is -3.43. The molecule has 0 aliphatic rings. The summed E-state index contributed by atoms with van der Waals surface area (Å²) in [5, 5.41) is 8.70. The van der Waals surface area contributed by atoms with Gasteiger partial charge in [0, 0.05) is 0 Å². The molecule has 9 heteroatoms. The number of halogens is 5. The third kappa shape index (κ3) is 3.14. The fraction of sp³-hybridized carbons (Fsp3) is 0.273. The summed E-state index contributed by atoms with van der Waals surface area (Å²) in [5.74, 6) is -2.70. The van der Waals surface area contributed by atoms with Gasteiger partial charge in [0.1, 0.15) is 11.6 Å². The molecule has 20 heavy (non-hydrogen) atoms. The van der Waals surface area contributed by atoms with Gasteiger partial charge in [-0.1, -0.05) is 0 Å². The molecule has 0 N–H and O–H groups in total. The lowest BCUT2D eigenvalue weighted by atomic mass is 10.0. The third-order valence-electron chi connectivity index (χ3n) is 2.18. The van der Waals surface area contributed by atoms with Crippen LogP contribution in [0.25, 0.3) is 0 Å². The summed E-state index contributed by atoms with van der Waals surface area (Å²) in [4.78, 5) is 11.4. The van der Waals surface area contributed by atoms with E-state index >= 15 is 0 Å². The molecule has 0 saturated heterocycles. The van der Waals surface area contributed by atoms with Crippen LogP contribution in [-0.2, 0) is 10.9 Å². The number of alkyl halides is 5. The lowest BCUT2D eigenvalue weighted by Crippen LogP contribution is -2.18. The van der Waals surface area contributed by atoms with Crippen LogP contribution in [0.5, 0.6) is 5.75 Å². The van der Waals surface area contributed by atoms with Gasteiger partial charge in [0.05, 0.1) is 18.2 Å². The zero-order valence-corrected chi connectivity index (χ0v) is 9.79. The number of methoxy groups -OCH3 is 1. The lowest BCUT2D eigenvalue weighted by Gasteiger charge is -2.16. The van der Waals surface area contributed by atoms with Gasteiger partial charge in [-0.3, -0.25) is 0 Å². The van der Waals surface area contributed by atoms with Gasteiger partial charge in [-0.15, -0.1) is 0 Å². The maximum atomic E-state index is 12.8. The second-order valence-electron chi connectivity index (χ2n) is 3.34. The topological polar surface area (TPSA) is 59.3 Å². The second kappa shape index (κ2) is 5.73. The van der Waals surface area contributed by atoms with Crippen LogP contribution in [0.1, 0.15) is 21.5 Å². The van der Waals surface area contributed by atoms with Crippen molar-refractivity contribution in [2.75, 3.05) is 7.11 Å². The predicted molar refractivity (Wildman–Crippen MR) is 54.1 cm³/mol. The van der Waals surface area contributed by atoms with Gasteiger partial charge < -0.3 is 9.47 Å². The van der Waals surface area contributed by atoms with Crippen LogP contribution in [0.15, 0.2) is 12.1 Å². The minimum atomic E-state index is -5.00. The van der Waals surface area contributed by atoms with Crippen LogP contribution in [0.4, 0.5) is 22.0 Å². The molecule has 1 rings (SSSR count). The van der Waals surface area contributed by atoms with Crippen molar-refractivity contribution in [3.63, 3.8) is 0 Å². The van der Waals surface area contributed by atoms with Crippen molar-refractivity contribution >= 4 is 5.97 Å². The molecule has 0 radical (unpaired) electrons. The highest BCUT2D eigenvalue weighted by Gasteiger charge is 2.39. The van der Waals surface area contributed by atoms with Crippen molar-refractivity contribution in [1.82, 2.24) is 0 Å². The van der Waals surface area contributed by atoms with E-state index in [2.05, 4.69) is 9.47 Å². The Morgan fingerprint density at radius 1 is 1.35 bits per heavy atom. The number of carbonyl (C=O) groups excluding carboxylic acids is 1. The van der Waals surface area contributed by atoms with Crippen molar-refractivity contribution in [2.45, 2.75) is 12.8 Å².